The number of carbonyl (C=O) groups is 2. The van der Waals surface area contributed by atoms with E-state index in [0.29, 0.717) is 6.54 Å². The normalized spacial score (nSPS) is 17.8. The van der Waals surface area contributed by atoms with Gasteiger partial charge in [0.05, 0.1) is 12.5 Å². The van der Waals surface area contributed by atoms with Crippen molar-refractivity contribution in [3.8, 4) is 0 Å². The van der Waals surface area contributed by atoms with Crippen LogP contribution in [-0.2, 0) is 16.0 Å². The van der Waals surface area contributed by atoms with Gasteiger partial charge in [0.2, 0.25) is 0 Å². The SMILES string of the molecule is Cc1cccc2c1CCN(C(=O)OC(C)(C)C)C2CC(=O)O. The highest BCUT2D eigenvalue weighted by Crippen LogP contribution is 2.34. The highest BCUT2D eigenvalue weighted by atomic mass is 16.6. The average Bonchev–Trinajstić information content (AvgIpc) is 2.37. The third kappa shape index (κ3) is 3.59. The summed E-state index contributed by atoms with van der Waals surface area (Å²) in [5, 5.41) is 9.21. The monoisotopic (exact) mass is 305 g/mol. The lowest BCUT2D eigenvalue weighted by Crippen LogP contribution is -2.43. The molecule has 1 aliphatic heterocycles. The van der Waals surface area contributed by atoms with Gasteiger partial charge < -0.3 is 14.7 Å². The number of carbonyl (C=O) groups excluding carboxylic acids is 1. The summed E-state index contributed by atoms with van der Waals surface area (Å²) in [7, 11) is 0. The molecule has 5 nitrogen and oxygen atoms in total. The molecule has 0 radical (unpaired) electrons. The van der Waals surface area contributed by atoms with E-state index in [2.05, 4.69) is 0 Å². The molecule has 5 heteroatoms. The highest BCUT2D eigenvalue weighted by molar-refractivity contribution is 5.73. The smallest absolute Gasteiger partial charge is 0.410 e. The summed E-state index contributed by atoms with van der Waals surface area (Å²) in [6.07, 6.45) is 0.151. The molecule has 22 heavy (non-hydrogen) atoms. The molecule has 1 atom stereocenters. The molecule has 1 N–H and O–H groups in total. The predicted octanol–water partition coefficient (Wildman–Crippen LogP) is 3.30. The summed E-state index contributed by atoms with van der Waals surface area (Å²) in [5.41, 5.74) is 2.60. The number of rotatable bonds is 2. The largest absolute Gasteiger partial charge is 0.481 e. The van der Waals surface area contributed by atoms with E-state index in [4.69, 9.17) is 4.74 Å². The van der Waals surface area contributed by atoms with E-state index in [0.717, 1.165) is 23.1 Å². The molecule has 1 unspecified atom stereocenters. The molecular weight excluding hydrogens is 282 g/mol. The van der Waals surface area contributed by atoms with Crippen molar-refractivity contribution in [3.63, 3.8) is 0 Å². The van der Waals surface area contributed by atoms with Crippen molar-refractivity contribution in [1.29, 1.82) is 0 Å². The molecule has 1 aliphatic rings. The molecule has 0 spiro atoms. The van der Waals surface area contributed by atoms with Gasteiger partial charge in [-0.3, -0.25) is 4.79 Å². The number of amides is 1. The molecule has 0 aliphatic carbocycles. The Kier molecular flexibility index (Phi) is 4.44. The van der Waals surface area contributed by atoms with Crippen molar-refractivity contribution in [3.05, 3.63) is 34.9 Å². The Balaban J connectivity index is 2.35. The van der Waals surface area contributed by atoms with Gasteiger partial charge in [-0.05, 0) is 50.8 Å². The van der Waals surface area contributed by atoms with Crippen molar-refractivity contribution in [2.45, 2.75) is 52.2 Å². The van der Waals surface area contributed by atoms with Crippen LogP contribution in [0.5, 0.6) is 0 Å². The summed E-state index contributed by atoms with van der Waals surface area (Å²) < 4.78 is 5.43. The topological polar surface area (TPSA) is 66.8 Å². The average molecular weight is 305 g/mol. The van der Waals surface area contributed by atoms with Gasteiger partial charge in [0.25, 0.3) is 0 Å². The van der Waals surface area contributed by atoms with Gasteiger partial charge in [0.1, 0.15) is 5.60 Å². The number of carboxylic acids is 1. The molecule has 1 aromatic carbocycles. The second kappa shape index (κ2) is 5.99. The van der Waals surface area contributed by atoms with Gasteiger partial charge in [0.15, 0.2) is 0 Å². The highest BCUT2D eigenvalue weighted by Gasteiger charge is 2.35. The summed E-state index contributed by atoms with van der Waals surface area (Å²) in [4.78, 5) is 25.2. The lowest BCUT2D eigenvalue weighted by molar-refractivity contribution is -0.138. The van der Waals surface area contributed by atoms with E-state index in [-0.39, 0.29) is 6.42 Å². The third-order valence-electron chi connectivity index (χ3n) is 3.78. The zero-order valence-electron chi connectivity index (χ0n) is 13.5. The van der Waals surface area contributed by atoms with Crippen LogP contribution in [0.1, 0.15) is 49.9 Å². The van der Waals surface area contributed by atoms with E-state index in [9.17, 15) is 14.7 Å². The van der Waals surface area contributed by atoms with Crippen molar-refractivity contribution < 1.29 is 19.4 Å². The minimum Gasteiger partial charge on any atom is -0.481 e. The fourth-order valence-electron chi connectivity index (χ4n) is 2.86. The third-order valence-corrected chi connectivity index (χ3v) is 3.78. The number of aliphatic carboxylic acids is 1. The van der Waals surface area contributed by atoms with Crippen LogP contribution >= 0.6 is 0 Å². The second-order valence-electron chi connectivity index (χ2n) is 6.68. The van der Waals surface area contributed by atoms with Crippen LogP contribution in [0.4, 0.5) is 4.79 Å². The first-order chi connectivity index (χ1) is 10.2. The maximum atomic E-state index is 12.4. The fraction of sp³-hybridized carbons (Fsp3) is 0.529. The van der Waals surface area contributed by atoms with Gasteiger partial charge in [0, 0.05) is 6.54 Å². The van der Waals surface area contributed by atoms with Crippen LogP contribution in [0.3, 0.4) is 0 Å². The Morgan fingerprint density at radius 1 is 1.36 bits per heavy atom. The Bertz CT molecular complexity index is 589. The summed E-state index contributed by atoms with van der Waals surface area (Å²) >= 11 is 0. The number of fused-ring (bicyclic) bond motifs is 1. The summed E-state index contributed by atoms with van der Waals surface area (Å²) in [6.45, 7) is 7.90. The zero-order chi connectivity index (χ0) is 16.5. The molecule has 1 heterocycles. The number of nitrogens with zero attached hydrogens (tertiary/aromatic N) is 1. The van der Waals surface area contributed by atoms with E-state index in [1.807, 2.05) is 25.1 Å². The maximum Gasteiger partial charge on any atom is 0.410 e. The number of ether oxygens (including phenoxy) is 1. The molecule has 2 rings (SSSR count). The first-order valence-corrected chi connectivity index (χ1v) is 7.49. The minimum atomic E-state index is -0.923. The van der Waals surface area contributed by atoms with Crippen LogP contribution in [-0.4, -0.2) is 34.2 Å². The number of aryl methyl sites for hydroxylation is 1. The molecule has 0 saturated carbocycles. The number of benzene rings is 1. The van der Waals surface area contributed by atoms with Crippen LogP contribution in [0.25, 0.3) is 0 Å². The Labute approximate surface area is 130 Å². The second-order valence-corrected chi connectivity index (χ2v) is 6.68. The van der Waals surface area contributed by atoms with E-state index < -0.39 is 23.7 Å². The van der Waals surface area contributed by atoms with Gasteiger partial charge in [-0.2, -0.15) is 0 Å². The molecule has 0 fully saturated rings. The predicted molar refractivity (Wildman–Crippen MR) is 82.8 cm³/mol. The molecule has 1 aromatic rings. The van der Waals surface area contributed by atoms with Gasteiger partial charge in [-0.1, -0.05) is 18.2 Å². The van der Waals surface area contributed by atoms with E-state index in [1.54, 1.807) is 25.7 Å². The van der Waals surface area contributed by atoms with Crippen molar-refractivity contribution in [2.75, 3.05) is 6.54 Å². The summed E-state index contributed by atoms with van der Waals surface area (Å²) in [5.74, 6) is -0.923. The van der Waals surface area contributed by atoms with E-state index >= 15 is 0 Å². The first kappa shape index (κ1) is 16.3. The molecule has 120 valence electrons. The molecule has 1 amide bonds. The van der Waals surface area contributed by atoms with Crippen molar-refractivity contribution >= 4 is 12.1 Å². The maximum absolute atomic E-state index is 12.4. The van der Waals surface area contributed by atoms with Gasteiger partial charge >= 0.3 is 12.1 Å². The first-order valence-electron chi connectivity index (χ1n) is 7.49. The zero-order valence-corrected chi connectivity index (χ0v) is 13.5. The Morgan fingerprint density at radius 3 is 2.64 bits per heavy atom. The lowest BCUT2D eigenvalue weighted by atomic mass is 9.88. The fourth-order valence-corrected chi connectivity index (χ4v) is 2.86. The number of hydrogen-bond acceptors (Lipinski definition) is 3. The Hall–Kier alpha value is -2.04. The number of hydrogen-bond donors (Lipinski definition) is 1. The van der Waals surface area contributed by atoms with Gasteiger partial charge in [-0.25, -0.2) is 4.79 Å². The minimum absolute atomic E-state index is 0.115. The molecule has 0 bridgehead atoms. The molecule has 0 saturated heterocycles. The molecular formula is C17H23NO4. The van der Waals surface area contributed by atoms with Crippen molar-refractivity contribution in [1.82, 2.24) is 4.90 Å². The standard InChI is InChI=1S/C17H23NO4/c1-11-6-5-7-13-12(11)8-9-18(14(13)10-15(19)20)16(21)22-17(2,3)4/h5-7,14H,8-10H2,1-4H3,(H,19,20). The Morgan fingerprint density at radius 2 is 2.05 bits per heavy atom. The van der Waals surface area contributed by atoms with Crippen LogP contribution in [0, 0.1) is 6.92 Å². The van der Waals surface area contributed by atoms with Gasteiger partial charge in [-0.15, -0.1) is 0 Å². The lowest BCUT2D eigenvalue weighted by Gasteiger charge is -2.38. The van der Waals surface area contributed by atoms with Crippen LogP contribution in [0.2, 0.25) is 0 Å². The van der Waals surface area contributed by atoms with Crippen molar-refractivity contribution in [2.24, 2.45) is 0 Å². The number of carboxylic acid groups (broad SMARTS) is 1. The summed E-state index contributed by atoms with van der Waals surface area (Å²) in [6, 6.07) is 5.35. The molecule has 0 aromatic heterocycles. The van der Waals surface area contributed by atoms with Crippen LogP contribution < -0.4 is 0 Å². The van der Waals surface area contributed by atoms with E-state index in [1.165, 1.54) is 0 Å². The quantitative estimate of drug-likeness (QED) is 0.910. The van der Waals surface area contributed by atoms with Crippen LogP contribution in [0.15, 0.2) is 18.2 Å².